The average Bonchev–Trinajstić information content (AvgIpc) is 2.92. The second-order valence-electron chi connectivity index (χ2n) is 9.56. The highest BCUT2D eigenvalue weighted by Gasteiger charge is 2.50. The molecule has 6 nitrogen and oxygen atoms in total. The Kier molecular flexibility index (Phi) is 7.63. The molecule has 3 aromatic rings. The van der Waals surface area contributed by atoms with E-state index in [1.54, 1.807) is 35.7 Å². The van der Waals surface area contributed by atoms with Gasteiger partial charge in [0.25, 0.3) is 0 Å². The minimum absolute atomic E-state index is 0.0133. The lowest BCUT2D eigenvalue weighted by Gasteiger charge is -2.57. The van der Waals surface area contributed by atoms with Gasteiger partial charge in [0.1, 0.15) is 5.75 Å². The molecule has 0 unspecified atom stereocenters. The number of hydrogen-bond donors (Lipinski definition) is 1. The third-order valence-corrected chi connectivity index (χ3v) is 9.33. The van der Waals surface area contributed by atoms with E-state index in [0.29, 0.717) is 18.0 Å². The molecule has 0 spiro atoms. The molecular weight excluding hydrogens is 484 g/mol. The maximum absolute atomic E-state index is 13.4. The topological polar surface area (TPSA) is 70.1 Å². The van der Waals surface area contributed by atoms with Crippen LogP contribution < -0.4 is 4.74 Å². The lowest BCUT2D eigenvalue weighted by Crippen LogP contribution is -2.67. The van der Waals surface area contributed by atoms with Gasteiger partial charge in [0.15, 0.2) is 0 Å². The summed E-state index contributed by atoms with van der Waals surface area (Å²) in [6, 6.07) is 24.5. The molecule has 0 aromatic heterocycles. The van der Waals surface area contributed by atoms with Crippen molar-refractivity contribution in [2.45, 2.75) is 35.7 Å². The number of sulfonamides is 1. The van der Waals surface area contributed by atoms with E-state index in [1.807, 2.05) is 42.5 Å². The van der Waals surface area contributed by atoms with Gasteiger partial charge in [-0.1, -0.05) is 42.2 Å². The molecule has 0 aliphatic carbocycles. The Morgan fingerprint density at radius 2 is 1.51 bits per heavy atom. The SMILES string of the molecule is COc1ccc(C#Cc2ccc([C@@H]3[C@H](CO)N4CCCCN(S(=O)(=O)c5ccccc5)C[C@@H]34)cc2)cc1. The fourth-order valence-electron chi connectivity index (χ4n) is 5.48. The van der Waals surface area contributed by atoms with E-state index in [-0.39, 0.29) is 24.6 Å². The molecule has 192 valence electrons. The zero-order valence-corrected chi connectivity index (χ0v) is 21.8. The molecule has 0 saturated carbocycles. The number of hydrogen-bond acceptors (Lipinski definition) is 5. The van der Waals surface area contributed by atoms with Gasteiger partial charge in [-0.15, -0.1) is 0 Å². The van der Waals surface area contributed by atoms with Gasteiger partial charge in [0.05, 0.1) is 18.6 Å². The van der Waals surface area contributed by atoms with Crippen LogP contribution in [0.25, 0.3) is 0 Å². The molecule has 7 heteroatoms. The summed E-state index contributed by atoms with van der Waals surface area (Å²) < 4.78 is 33.7. The molecule has 0 radical (unpaired) electrons. The van der Waals surface area contributed by atoms with Crippen molar-refractivity contribution >= 4 is 10.0 Å². The first-order valence-corrected chi connectivity index (χ1v) is 14.1. The largest absolute Gasteiger partial charge is 0.497 e. The summed E-state index contributed by atoms with van der Waals surface area (Å²) in [6.45, 7) is 1.85. The lowest BCUT2D eigenvalue weighted by molar-refractivity contribution is -0.0553. The zero-order chi connectivity index (χ0) is 25.8. The highest BCUT2D eigenvalue weighted by molar-refractivity contribution is 7.89. The Labute approximate surface area is 219 Å². The van der Waals surface area contributed by atoms with E-state index in [4.69, 9.17) is 4.74 Å². The molecule has 3 atom stereocenters. The Bertz CT molecular complexity index is 1360. The first kappa shape index (κ1) is 25.5. The van der Waals surface area contributed by atoms with Crippen molar-refractivity contribution in [2.75, 3.05) is 33.4 Å². The number of aliphatic hydroxyl groups is 1. The predicted molar refractivity (Wildman–Crippen MR) is 144 cm³/mol. The number of fused-ring (bicyclic) bond motifs is 1. The van der Waals surface area contributed by atoms with Gasteiger partial charge in [0, 0.05) is 42.2 Å². The molecule has 3 aromatic carbocycles. The third kappa shape index (κ3) is 5.29. The lowest BCUT2D eigenvalue weighted by atomic mass is 9.74. The van der Waals surface area contributed by atoms with Crippen molar-refractivity contribution in [3.05, 3.63) is 95.6 Å². The van der Waals surface area contributed by atoms with E-state index in [1.165, 1.54) is 0 Å². The van der Waals surface area contributed by atoms with Crippen LogP contribution in [0.1, 0.15) is 35.4 Å². The fraction of sp³-hybridized carbons (Fsp3) is 0.333. The highest BCUT2D eigenvalue weighted by Crippen LogP contribution is 2.42. The van der Waals surface area contributed by atoms with Gasteiger partial charge >= 0.3 is 0 Å². The van der Waals surface area contributed by atoms with E-state index in [2.05, 4.69) is 28.9 Å². The average molecular weight is 517 g/mol. The minimum Gasteiger partial charge on any atom is -0.497 e. The van der Waals surface area contributed by atoms with Crippen LogP contribution in [0.3, 0.4) is 0 Å². The smallest absolute Gasteiger partial charge is 0.243 e. The minimum atomic E-state index is -3.58. The van der Waals surface area contributed by atoms with E-state index >= 15 is 0 Å². The summed E-state index contributed by atoms with van der Waals surface area (Å²) in [7, 11) is -1.94. The number of ether oxygens (including phenoxy) is 1. The quantitative estimate of drug-likeness (QED) is 0.524. The summed E-state index contributed by atoms with van der Waals surface area (Å²) in [5, 5.41) is 10.2. The second-order valence-corrected chi connectivity index (χ2v) is 11.5. The van der Waals surface area contributed by atoms with Gasteiger partial charge in [-0.25, -0.2) is 8.42 Å². The first-order chi connectivity index (χ1) is 18.0. The van der Waals surface area contributed by atoms with Crippen molar-refractivity contribution < 1.29 is 18.3 Å². The van der Waals surface area contributed by atoms with Crippen LogP contribution >= 0.6 is 0 Å². The van der Waals surface area contributed by atoms with E-state index < -0.39 is 10.0 Å². The molecule has 1 N–H and O–H groups in total. The van der Waals surface area contributed by atoms with Crippen LogP contribution in [0.15, 0.2) is 83.8 Å². The summed E-state index contributed by atoms with van der Waals surface area (Å²) >= 11 is 0. The summed E-state index contributed by atoms with van der Waals surface area (Å²) in [4.78, 5) is 2.62. The maximum Gasteiger partial charge on any atom is 0.243 e. The summed E-state index contributed by atoms with van der Waals surface area (Å²) in [5.74, 6) is 7.24. The summed E-state index contributed by atoms with van der Waals surface area (Å²) in [6.07, 6.45) is 1.71. The predicted octanol–water partition coefficient (Wildman–Crippen LogP) is 3.71. The molecule has 2 fully saturated rings. The monoisotopic (exact) mass is 516 g/mol. The number of nitrogens with zero attached hydrogens (tertiary/aromatic N) is 2. The fourth-order valence-corrected chi connectivity index (χ4v) is 6.99. The standard InChI is InChI=1S/C30H32N2O4S/c1-36-26-17-13-24(14-18-26)10-9-23-11-15-25(16-12-23)30-28-21-31(19-5-6-20-32(28)29(30)22-33)37(34,35)27-7-3-2-4-8-27/h2-4,7-8,11-18,28-30,33H,5-6,19-22H2,1H3/t28-,29-,30-/m0/s1. The van der Waals surface area contributed by atoms with Gasteiger partial charge in [-0.2, -0.15) is 4.31 Å². The first-order valence-electron chi connectivity index (χ1n) is 12.7. The van der Waals surface area contributed by atoms with Crippen molar-refractivity contribution in [2.24, 2.45) is 0 Å². The van der Waals surface area contributed by atoms with E-state index in [0.717, 1.165) is 41.8 Å². The molecule has 37 heavy (non-hydrogen) atoms. The van der Waals surface area contributed by atoms with Crippen LogP contribution in [0.4, 0.5) is 0 Å². The molecule has 2 aliphatic rings. The van der Waals surface area contributed by atoms with Gasteiger partial charge in [-0.3, -0.25) is 4.90 Å². The van der Waals surface area contributed by atoms with Crippen LogP contribution in [0, 0.1) is 11.8 Å². The summed E-state index contributed by atoms with van der Waals surface area (Å²) in [5.41, 5.74) is 2.92. The Morgan fingerprint density at radius 1 is 0.892 bits per heavy atom. The molecular formula is C30H32N2O4S. The molecule has 0 amide bonds. The maximum atomic E-state index is 13.4. The molecule has 2 aliphatic heterocycles. The number of aliphatic hydroxyl groups excluding tert-OH is 1. The molecule has 2 heterocycles. The van der Waals surface area contributed by atoms with Gasteiger partial charge in [0.2, 0.25) is 10.0 Å². The zero-order valence-electron chi connectivity index (χ0n) is 21.0. The van der Waals surface area contributed by atoms with Crippen LogP contribution in [-0.4, -0.2) is 68.2 Å². The Hall–Kier alpha value is -3.15. The van der Waals surface area contributed by atoms with Crippen molar-refractivity contribution in [1.82, 2.24) is 9.21 Å². The number of rotatable bonds is 5. The molecule has 5 rings (SSSR count). The third-order valence-electron chi connectivity index (χ3n) is 7.45. The van der Waals surface area contributed by atoms with Crippen LogP contribution in [-0.2, 0) is 10.0 Å². The molecule has 0 bridgehead atoms. The Balaban J connectivity index is 1.36. The van der Waals surface area contributed by atoms with Gasteiger partial charge in [-0.05, 0) is 73.5 Å². The van der Waals surface area contributed by atoms with Crippen molar-refractivity contribution in [1.29, 1.82) is 0 Å². The van der Waals surface area contributed by atoms with Crippen molar-refractivity contribution in [3.8, 4) is 17.6 Å². The van der Waals surface area contributed by atoms with Crippen LogP contribution in [0.2, 0.25) is 0 Å². The number of benzene rings is 3. The molecule has 2 saturated heterocycles. The van der Waals surface area contributed by atoms with Crippen molar-refractivity contribution in [3.63, 3.8) is 0 Å². The Morgan fingerprint density at radius 3 is 2.14 bits per heavy atom. The normalized spacial score (nSPS) is 22.5. The highest BCUT2D eigenvalue weighted by atomic mass is 32.2. The van der Waals surface area contributed by atoms with Crippen LogP contribution in [0.5, 0.6) is 5.75 Å². The van der Waals surface area contributed by atoms with Gasteiger partial charge < -0.3 is 9.84 Å². The number of methoxy groups -OCH3 is 1. The van der Waals surface area contributed by atoms with E-state index in [9.17, 15) is 13.5 Å². The second kappa shape index (κ2) is 11.1.